The Balaban J connectivity index is 1.85. The van der Waals surface area contributed by atoms with Gasteiger partial charge in [-0.3, -0.25) is 9.78 Å². The Morgan fingerprint density at radius 1 is 1.20 bits per heavy atom. The van der Waals surface area contributed by atoms with Gasteiger partial charge in [0, 0.05) is 44.1 Å². The van der Waals surface area contributed by atoms with Gasteiger partial charge in [-0.05, 0) is 19.2 Å². The number of hydrogen-bond donors (Lipinski definition) is 0. The summed E-state index contributed by atoms with van der Waals surface area (Å²) < 4.78 is 5.39. The Kier molecular flexibility index (Phi) is 3.47. The molecule has 2 aromatic heterocycles. The van der Waals surface area contributed by atoms with Crippen LogP contribution in [0.3, 0.4) is 0 Å². The summed E-state index contributed by atoms with van der Waals surface area (Å²) in [5.74, 6) is 0.440. The van der Waals surface area contributed by atoms with Crippen LogP contribution >= 0.6 is 0 Å². The molecule has 6 heteroatoms. The first-order chi connectivity index (χ1) is 9.75. The molecule has 20 heavy (non-hydrogen) atoms. The average Bonchev–Trinajstić information content (AvgIpc) is 2.97. The molecule has 0 aromatic carbocycles. The minimum Gasteiger partial charge on any atom is -0.443 e. The van der Waals surface area contributed by atoms with Crippen LogP contribution in [0, 0.1) is 0 Å². The first-order valence-electron chi connectivity index (χ1n) is 6.57. The first-order valence-corrected chi connectivity index (χ1v) is 6.57. The summed E-state index contributed by atoms with van der Waals surface area (Å²) in [7, 11) is 2.06. The second kappa shape index (κ2) is 5.42. The number of hydrogen-bond acceptors (Lipinski definition) is 5. The number of pyridine rings is 1. The van der Waals surface area contributed by atoms with Gasteiger partial charge < -0.3 is 14.2 Å². The highest BCUT2D eigenvalue weighted by atomic mass is 16.3. The van der Waals surface area contributed by atoms with Crippen LogP contribution in [-0.4, -0.2) is 58.9 Å². The van der Waals surface area contributed by atoms with Gasteiger partial charge in [0.15, 0.2) is 17.8 Å². The minimum absolute atomic E-state index is 0.0707. The standard InChI is InChI=1S/C14H16N4O2/c1-17-6-8-18(9-7-17)14(19)12-13(20-10-16-12)11-2-4-15-5-3-11/h2-5,10H,6-9H2,1H3. The van der Waals surface area contributed by atoms with Crippen molar-refractivity contribution in [2.75, 3.05) is 33.2 Å². The maximum atomic E-state index is 12.5. The number of amides is 1. The lowest BCUT2D eigenvalue weighted by atomic mass is 10.1. The van der Waals surface area contributed by atoms with Crippen molar-refractivity contribution in [1.29, 1.82) is 0 Å². The van der Waals surface area contributed by atoms with Gasteiger partial charge in [0.2, 0.25) is 0 Å². The third-order valence-electron chi connectivity index (χ3n) is 3.50. The van der Waals surface area contributed by atoms with Crippen molar-refractivity contribution in [3.05, 3.63) is 36.6 Å². The van der Waals surface area contributed by atoms with Crippen LogP contribution in [0.25, 0.3) is 11.3 Å². The van der Waals surface area contributed by atoms with Crippen LogP contribution in [0.15, 0.2) is 35.3 Å². The fourth-order valence-electron chi connectivity index (χ4n) is 2.27. The van der Waals surface area contributed by atoms with E-state index in [-0.39, 0.29) is 5.91 Å². The molecule has 0 spiro atoms. The van der Waals surface area contributed by atoms with Crippen LogP contribution in [0.2, 0.25) is 0 Å². The van der Waals surface area contributed by atoms with E-state index in [9.17, 15) is 4.79 Å². The molecule has 104 valence electrons. The van der Waals surface area contributed by atoms with Gasteiger partial charge in [0.05, 0.1) is 0 Å². The third-order valence-corrected chi connectivity index (χ3v) is 3.50. The summed E-state index contributed by atoms with van der Waals surface area (Å²) in [6, 6.07) is 3.61. The summed E-state index contributed by atoms with van der Waals surface area (Å²) in [5, 5.41) is 0. The molecular weight excluding hydrogens is 256 g/mol. The fraction of sp³-hybridized carbons (Fsp3) is 0.357. The maximum absolute atomic E-state index is 12.5. The average molecular weight is 272 g/mol. The minimum atomic E-state index is -0.0707. The van der Waals surface area contributed by atoms with E-state index in [4.69, 9.17) is 4.42 Å². The quantitative estimate of drug-likeness (QED) is 0.820. The number of nitrogens with zero attached hydrogens (tertiary/aromatic N) is 4. The van der Waals surface area contributed by atoms with Crippen molar-refractivity contribution in [3.63, 3.8) is 0 Å². The summed E-state index contributed by atoms with van der Waals surface area (Å²) in [6.07, 6.45) is 4.66. The predicted molar refractivity (Wildman–Crippen MR) is 73.1 cm³/mol. The smallest absolute Gasteiger partial charge is 0.276 e. The monoisotopic (exact) mass is 272 g/mol. The number of oxazole rings is 1. The van der Waals surface area contributed by atoms with Crippen molar-refractivity contribution in [2.24, 2.45) is 0 Å². The highest BCUT2D eigenvalue weighted by Crippen LogP contribution is 2.23. The second-order valence-electron chi connectivity index (χ2n) is 4.86. The number of rotatable bonds is 2. The molecule has 3 heterocycles. The van der Waals surface area contributed by atoms with Crippen LogP contribution in [0.5, 0.6) is 0 Å². The SMILES string of the molecule is CN1CCN(C(=O)c2ncoc2-c2ccncc2)CC1. The number of aromatic nitrogens is 2. The van der Waals surface area contributed by atoms with E-state index in [1.54, 1.807) is 24.5 Å². The van der Waals surface area contributed by atoms with Crippen LogP contribution in [-0.2, 0) is 0 Å². The highest BCUT2D eigenvalue weighted by Gasteiger charge is 2.25. The van der Waals surface area contributed by atoms with E-state index < -0.39 is 0 Å². The zero-order valence-electron chi connectivity index (χ0n) is 11.3. The van der Waals surface area contributed by atoms with Crippen LogP contribution in [0.1, 0.15) is 10.5 Å². The van der Waals surface area contributed by atoms with Gasteiger partial charge in [-0.15, -0.1) is 0 Å². The fourth-order valence-corrected chi connectivity index (χ4v) is 2.27. The Hall–Kier alpha value is -2.21. The molecule has 0 aliphatic carbocycles. The van der Waals surface area contributed by atoms with Gasteiger partial charge in [0.1, 0.15) is 0 Å². The van der Waals surface area contributed by atoms with Gasteiger partial charge in [-0.25, -0.2) is 4.98 Å². The molecule has 3 rings (SSSR count). The summed E-state index contributed by atoms with van der Waals surface area (Å²) >= 11 is 0. The molecule has 0 radical (unpaired) electrons. The molecule has 0 N–H and O–H groups in total. The molecule has 2 aromatic rings. The number of likely N-dealkylation sites (N-methyl/N-ethyl adjacent to an activating group) is 1. The van der Waals surface area contributed by atoms with Crippen molar-refractivity contribution < 1.29 is 9.21 Å². The van der Waals surface area contributed by atoms with Gasteiger partial charge in [0.25, 0.3) is 5.91 Å². The topological polar surface area (TPSA) is 62.5 Å². The summed E-state index contributed by atoms with van der Waals surface area (Å²) in [6.45, 7) is 3.21. The predicted octanol–water partition coefficient (Wildman–Crippen LogP) is 1.12. The molecule has 1 amide bonds. The molecule has 0 atom stereocenters. The van der Waals surface area contributed by atoms with Gasteiger partial charge in [-0.1, -0.05) is 0 Å². The lowest BCUT2D eigenvalue weighted by molar-refractivity contribution is 0.0659. The lowest BCUT2D eigenvalue weighted by Crippen LogP contribution is -2.47. The van der Waals surface area contributed by atoms with E-state index in [1.165, 1.54) is 6.39 Å². The van der Waals surface area contributed by atoms with Crippen LogP contribution in [0.4, 0.5) is 0 Å². The second-order valence-corrected chi connectivity index (χ2v) is 4.86. The van der Waals surface area contributed by atoms with Gasteiger partial charge >= 0.3 is 0 Å². The molecule has 1 saturated heterocycles. The molecule has 0 saturated carbocycles. The van der Waals surface area contributed by atoms with E-state index in [1.807, 2.05) is 4.90 Å². The number of carbonyl (C=O) groups excluding carboxylic acids is 1. The normalized spacial score (nSPS) is 16.4. The third kappa shape index (κ3) is 2.42. The lowest BCUT2D eigenvalue weighted by Gasteiger charge is -2.32. The Labute approximate surface area is 117 Å². The van der Waals surface area contributed by atoms with Crippen molar-refractivity contribution in [1.82, 2.24) is 19.8 Å². The van der Waals surface area contributed by atoms with E-state index in [0.29, 0.717) is 11.5 Å². The van der Waals surface area contributed by atoms with Crippen molar-refractivity contribution in [2.45, 2.75) is 0 Å². The van der Waals surface area contributed by atoms with Crippen molar-refractivity contribution in [3.8, 4) is 11.3 Å². The molecule has 1 aliphatic heterocycles. The maximum Gasteiger partial charge on any atom is 0.276 e. The molecule has 6 nitrogen and oxygen atoms in total. The zero-order valence-corrected chi connectivity index (χ0v) is 11.3. The molecule has 0 bridgehead atoms. The highest BCUT2D eigenvalue weighted by molar-refractivity contribution is 5.97. The van der Waals surface area contributed by atoms with E-state index in [2.05, 4.69) is 21.9 Å². The molecule has 0 unspecified atom stereocenters. The number of piperazine rings is 1. The van der Waals surface area contributed by atoms with Crippen LogP contribution < -0.4 is 0 Å². The summed E-state index contributed by atoms with van der Waals surface area (Å²) in [5.41, 5.74) is 1.19. The molecular formula is C14H16N4O2. The van der Waals surface area contributed by atoms with E-state index in [0.717, 1.165) is 31.7 Å². The molecule has 1 aliphatic rings. The van der Waals surface area contributed by atoms with Gasteiger partial charge in [-0.2, -0.15) is 0 Å². The Morgan fingerprint density at radius 3 is 2.60 bits per heavy atom. The largest absolute Gasteiger partial charge is 0.443 e. The molecule has 1 fully saturated rings. The Bertz CT molecular complexity index is 588. The van der Waals surface area contributed by atoms with Crippen molar-refractivity contribution >= 4 is 5.91 Å². The number of carbonyl (C=O) groups is 1. The Morgan fingerprint density at radius 2 is 1.90 bits per heavy atom. The zero-order chi connectivity index (χ0) is 13.9. The summed E-state index contributed by atoms with van der Waals surface area (Å²) in [4.78, 5) is 24.6. The van der Waals surface area contributed by atoms with E-state index >= 15 is 0 Å². The first kappa shape index (κ1) is 12.8.